The van der Waals surface area contributed by atoms with E-state index in [1.54, 1.807) is 0 Å². The molecule has 216 valence electrons. The Morgan fingerprint density at radius 1 is 0.578 bits per heavy atom. The number of fused-ring (bicyclic) bond motifs is 4. The van der Waals surface area contributed by atoms with Crippen LogP contribution in [-0.2, 0) is 21.6 Å². The summed E-state index contributed by atoms with van der Waals surface area (Å²) in [6.45, 7) is 12.3. The Bertz CT molecular complexity index is 2130. The lowest BCUT2D eigenvalue weighted by Gasteiger charge is -2.45. The van der Waals surface area contributed by atoms with Gasteiger partial charge in [-0.3, -0.25) is 0 Å². The van der Waals surface area contributed by atoms with E-state index in [2.05, 4.69) is 133 Å². The lowest BCUT2D eigenvalue weighted by atomic mass is 9.63. The number of rotatable bonds is 3. The lowest BCUT2D eigenvalue weighted by molar-refractivity contribution is 0.623. The fourth-order valence-electron chi connectivity index (χ4n) is 7.50. The molecule has 2 aliphatic heterocycles. The quantitative estimate of drug-likeness (QED) is 0.189. The SMILES string of the molecule is [C-]#[N+]c1ccc2c(c1)C(C)(C)c1cc(C3(c4ccccc4)c4ccccc4S(=O)c4ccccc43)ccc1N2c1ccccc1. The van der Waals surface area contributed by atoms with E-state index in [1.807, 2.05) is 36.4 Å². The second-order valence-corrected chi connectivity index (χ2v) is 13.6. The van der Waals surface area contributed by atoms with Crippen LogP contribution in [-0.4, -0.2) is 4.21 Å². The van der Waals surface area contributed by atoms with E-state index < -0.39 is 21.6 Å². The number of hydrogen-bond donors (Lipinski definition) is 0. The van der Waals surface area contributed by atoms with Gasteiger partial charge < -0.3 is 4.90 Å². The normalized spacial score (nSPS) is 19.0. The largest absolute Gasteiger partial charge is 0.310 e. The monoisotopic (exact) mass is 598 g/mol. The zero-order valence-corrected chi connectivity index (χ0v) is 25.9. The molecule has 8 rings (SSSR count). The van der Waals surface area contributed by atoms with Gasteiger partial charge in [0.1, 0.15) is 0 Å². The van der Waals surface area contributed by atoms with Crippen LogP contribution >= 0.6 is 0 Å². The Hall–Kier alpha value is -5.24. The van der Waals surface area contributed by atoms with Crippen LogP contribution in [0.1, 0.15) is 47.2 Å². The van der Waals surface area contributed by atoms with Crippen LogP contribution in [0, 0.1) is 6.57 Å². The molecule has 0 atom stereocenters. The molecule has 2 heterocycles. The molecule has 0 unspecified atom stereocenters. The van der Waals surface area contributed by atoms with Crippen LogP contribution in [0.5, 0.6) is 0 Å². The number of benzene rings is 6. The maximum atomic E-state index is 14.1. The second kappa shape index (κ2) is 10.2. The van der Waals surface area contributed by atoms with Gasteiger partial charge in [-0.05, 0) is 69.8 Å². The smallest absolute Gasteiger partial charge is 0.187 e. The molecule has 0 aromatic heterocycles. The Labute approximate surface area is 266 Å². The van der Waals surface area contributed by atoms with Gasteiger partial charge in [0.05, 0.1) is 28.5 Å². The fraction of sp³-hybridized carbons (Fsp3) is 0.0976. The predicted molar refractivity (Wildman–Crippen MR) is 182 cm³/mol. The lowest BCUT2D eigenvalue weighted by Crippen LogP contribution is -2.37. The topological polar surface area (TPSA) is 24.7 Å². The molecule has 4 heteroatoms. The van der Waals surface area contributed by atoms with Gasteiger partial charge in [-0.2, -0.15) is 0 Å². The summed E-state index contributed by atoms with van der Waals surface area (Å²) in [5.74, 6) is 0. The Morgan fingerprint density at radius 3 is 1.73 bits per heavy atom. The predicted octanol–water partition coefficient (Wildman–Crippen LogP) is 10.2. The van der Waals surface area contributed by atoms with Crippen LogP contribution in [0.15, 0.2) is 155 Å². The second-order valence-electron chi connectivity index (χ2n) is 12.2. The minimum Gasteiger partial charge on any atom is -0.310 e. The molecule has 0 amide bonds. The summed E-state index contributed by atoms with van der Waals surface area (Å²) >= 11 is 0. The minimum absolute atomic E-state index is 0.402. The van der Waals surface area contributed by atoms with E-state index >= 15 is 0 Å². The third kappa shape index (κ3) is 3.84. The van der Waals surface area contributed by atoms with Crippen LogP contribution in [0.3, 0.4) is 0 Å². The summed E-state index contributed by atoms with van der Waals surface area (Å²) in [4.78, 5) is 7.80. The highest BCUT2D eigenvalue weighted by molar-refractivity contribution is 7.85. The third-order valence-corrected chi connectivity index (χ3v) is 11.1. The van der Waals surface area contributed by atoms with Gasteiger partial charge in [0.25, 0.3) is 0 Å². The minimum atomic E-state index is -1.30. The molecule has 6 aromatic carbocycles. The summed E-state index contributed by atoms with van der Waals surface area (Å²) in [7, 11) is -1.30. The van der Waals surface area contributed by atoms with Crippen LogP contribution in [0.25, 0.3) is 4.85 Å². The van der Waals surface area contributed by atoms with E-state index in [4.69, 9.17) is 6.57 Å². The Morgan fingerprint density at radius 2 is 1.11 bits per heavy atom. The van der Waals surface area contributed by atoms with Gasteiger partial charge in [-0.15, -0.1) is 0 Å². The first kappa shape index (κ1) is 27.3. The molecular weight excluding hydrogens is 569 g/mol. The van der Waals surface area contributed by atoms with Gasteiger partial charge in [-0.25, -0.2) is 9.05 Å². The zero-order valence-electron chi connectivity index (χ0n) is 25.1. The summed E-state index contributed by atoms with van der Waals surface area (Å²) in [5, 5.41) is 0. The Kier molecular flexibility index (Phi) is 6.17. The van der Waals surface area contributed by atoms with Crippen molar-refractivity contribution in [1.82, 2.24) is 0 Å². The number of hydrogen-bond acceptors (Lipinski definition) is 2. The average molecular weight is 599 g/mol. The first-order valence-corrected chi connectivity index (χ1v) is 16.3. The molecule has 0 radical (unpaired) electrons. The van der Waals surface area contributed by atoms with Crippen molar-refractivity contribution in [2.45, 2.75) is 34.5 Å². The van der Waals surface area contributed by atoms with E-state index in [1.165, 1.54) is 5.56 Å². The van der Waals surface area contributed by atoms with E-state index in [0.717, 1.165) is 54.7 Å². The molecule has 0 bridgehead atoms. The molecule has 0 fully saturated rings. The van der Waals surface area contributed by atoms with Crippen molar-refractivity contribution in [2.75, 3.05) is 4.90 Å². The summed E-state index contributed by atoms with van der Waals surface area (Å²) in [6, 6.07) is 50.4. The van der Waals surface area contributed by atoms with Crippen molar-refractivity contribution in [3.05, 3.63) is 190 Å². The Balaban J connectivity index is 1.48. The van der Waals surface area contributed by atoms with Crippen molar-refractivity contribution in [1.29, 1.82) is 0 Å². The van der Waals surface area contributed by atoms with Crippen LogP contribution in [0.2, 0.25) is 0 Å². The molecule has 0 N–H and O–H groups in total. The number of anilines is 3. The molecule has 3 nitrogen and oxygen atoms in total. The first-order valence-electron chi connectivity index (χ1n) is 15.1. The summed E-state index contributed by atoms with van der Waals surface area (Å²) in [6.07, 6.45) is 0. The van der Waals surface area contributed by atoms with Crippen molar-refractivity contribution >= 4 is 33.5 Å². The first-order chi connectivity index (χ1) is 22.0. The highest BCUT2D eigenvalue weighted by Gasteiger charge is 2.47. The molecule has 0 spiro atoms. The highest BCUT2D eigenvalue weighted by Crippen LogP contribution is 2.57. The van der Waals surface area contributed by atoms with Crippen LogP contribution in [0.4, 0.5) is 22.7 Å². The van der Waals surface area contributed by atoms with Gasteiger partial charge in [-0.1, -0.05) is 123 Å². The maximum absolute atomic E-state index is 14.1. The maximum Gasteiger partial charge on any atom is 0.187 e. The van der Waals surface area contributed by atoms with Crippen molar-refractivity contribution in [3.63, 3.8) is 0 Å². The summed E-state index contributed by atoms with van der Waals surface area (Å²) < 4.78 is 14.1. The summed E-state index contributed by atoms with van der Waals surface area (Å²) in [5.41, 5.74) is 9.43. The average Bonchev–Trinajstić information content (AvgIpc) is 3.10. The molecule has 0 saturated heterocycles. The molecule has 2 aliphatic rings. The molecule has 6 aromatic rings. The standard InChI is InChI=1S/C41H30N2OS/c1-40(2)34-26-29(22-24-36(34)43(31-16-8-5-9-17-31)37-25-23-30(42-3)27-35(37)40)41(28-14-6-4-7-15-28)32-18-10-12-20-38(32)45(44)39-21-13-11-19-33(39)41/h4-27H,1-2H3. The fourth-order valence-corrected chi connectivity index (χ4v) is 8.98. The van der Waals surface area contributed by atoms with E-state index in [9.17, 15) is 4.21 Å². The number of nitrogens with zero attached hydrogens (tertiary/aromatic N) is 2. The van der Waals surface area contributed by atoms with Crippen molar-refractivity contribution in [2.24, 2.45) is 0 Å². The number of para-hydroxylation sites is 1. The van der Waals surface area contributed by atoms with E-state index in [-0.39, 0.29) is 0 Å². The van der Waals surface area contributed by atoms with Gasteiger partial charge in [0.2, 0.25) is 0 Å². The van der Waals surface area contributed by atoms with E-state index in [0.29, 0.717) is 5.69 Å². The van der Waals surface area contributed by atoms with Crippen molar-refractivity contribution in [3.8, 4) is 0 Å². The van der Waals surface area contributed by atoms with Crippen molar-refractivity contribution < 1.29 is 4.21 Å². The van der Waals surface area contributed by atoms with Gasteiger partial charge >= 0.3 is 0 Å². The van der Waals surface area contributed by atoms with Crippen LogP contribution < -0.4 is 4.90 Å². The van der Waals surface area contributed by atoms with Gasteiger partial charge in [0, 0.05) is 26.6 Å². The molecular formula is C41H30N2OS. The third-order valence-electron chi connectivity index (χ3n) is 9.57. The molecule has 0 aliphatic carbocycles. The zero-order chi connectivity index (χ0) is 30.8. The van der Waals surface area contributed by atoms with Gasteiger partial charge in [0.15, 0.2) is 5.69 Å². The highest BCUT2D eigenvalue weighted by atomic mass is 32.2. The molecule has 45 heavy (non-hydrogen) atoms. The molecule has 0 saturated carbocycles.